The van der Waals surface area contributed by atoms with Crippen LogP contribution in [0.1, 0.15) is 74.2 Å². The zero-order valence-electron chi connectivity index (χ0n) is 25.2. The van der Waals surface area contributed by atoms with Crippen molar-refractivity contribution in [2.24, 2.45) is 5.41 Å². The van der Waals surface area contributed by atoms with E-state index in [4.69, 9.17) is 9.26 Å². The summed E-state index contributed by atoms with van der Waals surface area (Å²) >= 11 is 0. The van der Waals surface area contributed by atoms with Crippen LogP contribution in [0.15, 0.2) is 53.1 Å². The Bertz CT molecular complexity index is 1670. The summed E-state index contributed by atoms with van der Waals surface area (Å²) < 4.78 is 36.0. The molecule has 2 aromatic carbocycles. The van der Waals surface area contributed by atoms with E-state index in [1.165, 1.54) is 7.05 Å². The van der Waals surface area contributed by atoms with Crippen molar-refractivity contribution in [1.82, 2.24) is 9.46 Å². The predicted molar refractivity (Wildman–Crippen MR) is 165 cm³/mol. The fourth-order valence-electron chi connectivity index (χ4n) is 6.79. The summed E-state index contributed by atoms with van der Waals surface area (Å²) in [5.41, 5.74) is 4.65. The molecule has 1 N–H and O–H groups in total. The average Bonchev–Trinajstić information content (AvgIpc) is 3.66. The van der Waals surface area contributed by atoms with Gasteiger partial charge in [0.2, 0.25) is 15.9 Å². The molecule has 1 saturated heterocycles. The minimum atomic E-state index is -3.59. The molecule has 3 fully saturated rings. The fraction of sp³-hybridized carbons (Fsp3) is 0.469. The first-order chi connectivity index (χ1) is 20.3. The van der Waals surface area contributed by atoms with Crippen molar-refractivity contribution in [1.29, 1.82) is 0 Å². The normalized spacial score (nSPS) is 19.2. The van der Waals surface area contributed by atoms with Gasteiger partial charge in [0.05, 0.1) is 11.7 Å². The highest BCUT2D eigenvalue weighted by atomic mass is 32.2. The number of hydrogen-bond acceptors (Lipinski definition) is 8. The number of carbonyl (C=O) groups is 2. The van der Waals surface area contributed by atoms with Crippen molar-refractivity contribution in [3.63, 3.8) is 0 Å². The maximum absolute atomic E-state index is 12.9. The van der Waals surface area contributed by atoms with Gasteiger partial charge in [-0.2, -0.15) is 0 Å². The summed E-state index contributed by atoms with van der Waals surface area (Å²) in [4.78, 5) is 28.0. The van der Waals surface area contributed by atoms with E-state index in [1.807, 2.05) is 69.3 Å². The Kier molecular flexibility index (Phi) is 7.06. The lowest BCUT2D eigenvalue weighted by Crippen LogP contribution is -2.61. The molecule has 1 atom stereocenters. The number of nitrogens with zero attached hydrogens (tertiary/aromatic N) is 3. The van der Waals surface area contributed by atoms with Crippen LogP contribution < -0.4 is 10.2 Å². The maximum atomic E-state index is 12.9. The van der Waals surface area contributed by atoms with E-state index in [2.05, 4.69) is 15.4 Å². The molecular weight excluding hydrogens is 568 g/mol. The number of hydrogen-bond donors (Lipinski definition) is 1. The number of aromatic nitrogens is 1. The monoisotopic (exact) mass is 608 g/mol. The average molecular weight is 609 g/mol. The molecule has 0 unspecified atom stereocenters. The standard InChI is InChI=1S/C32H38N4O6S.H2/c1-20-8-6-7-9-26(20)22(3)41-30(38)33-27-21(2)34-42-28(27)23-16-31(17-23)18-36(19-31)25-12-10-24(11-13-25)32(14-15-32)29(37)35(4)43(5,39)40;/h6-13,22-23H,14-19H2,1-5H3,(H,33,38);1H/t22-;/m1./s1. The van der Waals surface area contributed by atoms with E-state index in [-0.39, 0.29) is 18.7 Å². The first kappa shape index (κ1) is 29.2. The Morgan fingerprint density at radius 2 is 1.77 bits per heavy atom. The molecule has 10 nitrogen and oxygen atoms in total. The van der Waals surface area contributed by atoms with Crippen molar-refractivity contribution in [2.75, 3.05) is 36.6 Å². The zero-order valence-corrected chi connectivity index (χ0v) is 26.0. The number of nitrogens with one attached hydrogen (secondary N) is 1. The molecule has 0 radical (unpaired) electrons. The minimum absolute atomic E-state index is 0. The van der Waals surface area contributed by atoms with Gasteiger partial charge in [-0.25, -0.2) is 17.5 Å². The van der Waals surface area contributed by atoms with Crippen LogP contribution in [0.3, 0.4) is 0 Å². The molecule has 2 amide bonds. The third-order valence-corrected chi connectivity index (χ3v) is 10.7. The van der Waals surface area contributed by atoms with E-state index >= 15 is 0 Å². The van der Waals surface area contributed by atoms with Crippen LogP contribution in [-0.2, 0) is 25.0 Å². The third kappa shape index (κ3) is 5.28. The molecule has 2 aliphatic carbocycles. The van der Waals surface area contributed by atoms with Crippen LogP contribution in [0.5, 0.6) is 0 Å². The van der Waals surface area contributed by atoms with Gasteiger partial charge < -0.3 is 14.2 Å². The van der Waals surface area contributed by atoms with Crippen LogP contribution in [-0.4, -0.2) is 56.3 Å². The highest BCUT2D eigenvalue weighted by molar-refractivity contribution is 7.88. The lowest BCUT2D eigenvalue weighted by atomic mass is 9.57. The molecule has 3 aromatic rings. The Morgan fingerprint density at radius 1 is 1.12 bits per heavy atom. The summed E-state index contributed by atoms with van der Waals surface area (Å²) in [6.45, 7) is 7.49. The molecule has 230 valence electrons. The van der Waals surface area contributed by atoms with Crippen molar-refractivity contribution >= 4 is 33.4 Å². The van der Waals surface area contributed by atoms with E-state index in [9.17, 15) is 18.0 Å². The van der Waals surface area contributed by atoms with E-state index < -0.39 is 27.6 Å². The summed E-state index contributed by atoms with van der Waals surface area (Å²) in [7, 11) is -2.26. The smallest absolute Gasteiger partial charge is 0.412 e. The van der Waals surface area contributed by atoms with E-state index in [1.54, 1.807) is 0 Å². The Morgan fingerprint density at radius 3 is 2.37 bits per heavy atom. The van der Waals surface area contributed by atoms with Crippen molar-refractivity contribution in [3.8, 4) is 0 Å². The summed E-state index contributed by atoms with van der Waals surface area (Å²) in [5.74, 6) is 0.504. The number of likely N-dealkylation sites (N-methyl/N-ethyl adjacent to an activating group) is 1. The topological polar surface area (TPSA) is 122 Å². The van der Waals surface area contributed by atoms with Crippen LogP contribution in [0.25, 0.3) is 0 Å². The molecule has 2 heterocycles. The van der Waals surface area contributed by atoms with Gasteiger partial charge in [-0.15, -0.1) is 0 Å². The van der Waals surface area contributed by atoms with Gasteiger partial charge >= 0.3 is 6.09 Å². The van der Waals surface area contributed by atoms with Crippen molar-refractivity contribution in [2.45, 2.75) is 63.9 Å². The zero-order chi connectivity index (χ0) is 30.7. The SMILES string of the molecule is Cc1ccccc1[C@@H](C)OC(=O)Nc1c(C)noc1C1CC2(C1)CN(c1ccc(C3(C(=O)N(C)S(C)(=O)=O)CC3)cc1)C2.[HH]. The number of anilines is 2. The molecule has 1 aromatic heterocycles. The predicted octanol–water partition coefficient (Wildman–Crippen LogP) is 5.68. The van der Waals surface area contributed by atoms with Gasteiger partial charge in [-0.3, -0.25) is 10.1 Å². The third-order valence-electron chi connectivity index (χ3n) is 9.54. The number of rotatable bonds is 8. The molecule has 6 rings (SSSR count). The number of ether oxygens (including phenoxy) is 1. The Hall–Kier alpha value is -3.86. The van der Waals surface area contributed by atoms with Crippen LogP contribution in [0, 0.1) is 19.3 Å². The van der Waals surface area contributed by atoms with Crippen molar-refractivity contribution < 1.29 is 28.7 Å². The highest BCUT2D eigenvalue weighted by Gasteiger charge is 2.55. The van der Waals surface area contributed by atoms with Crippen molar-refractivity contribution in [3.05, 3.63) is 76.7 Å². The van der Waals surface area contributed by atoms with Gasteiger partial charge in [0, 0.05) is 38.6 Å². The Labute approximate surface area is 253 Å². The summed E-state index contributed by atoms with van der Waals surface area (Å²) in [5, 5.41) is 7.02. The largest absolute Gasteiger partial charge is 0.441 e. The van der Waals surface area contributed by atoms with Gasteiger partial charge in [0.25, 0.3) is 0 Å². The number of carbonyl (C=O) groups excluding carboxylic acids is 2. The molecule has 1 aliphatic heterocycles. The Balaban J connectivity index is 0.00000384. The molecule has 43 heavy (non-hydrogen) atoms. The minimum Gasteiger partial charge on any atom is -0.441 e. The lowest BCUT2D eigenvalue weighted by Gasteiger charge is -2.59. The highest BCUT2D eigenvalue weighted by Crippen LogP contribution is 2.58. The van der Waals surface area contributed by atoms with Gasteiger partial charge in [-0.05, 0) is 75.3 Å². The second-order valence-electron chi connectivity index (χ2n) is 12.7. The van der Waals surface area contributed by atoms with Gasteiger partial charge in [-0.1, -0.05) is 41.6 Å². The second kappa shape index (κ2) is 10.4. The molecular formula is C32H40N4O6S. The van der Waals surface area contributed by atoms with Crippen LogP contribution in [0.4, 0.5) is 16.2 Å². The summed E-state index contributed by atoms with van der Waals surface area (Å²) in [6, 6.07) is 15.8. The number of aryl methyl sites for hydroxylation is 2. The first-order valence-corrected chi connectivity index (χ1v) is 16.5. The van der Waals surface area contributed by atoms with Gasteiger partial charge in [0.15, 0.2) is 5.76 Å². The fourth-order valence-corrected chi connectivity index (χ4v) is 7.26. The molecule has 0 bridgehead atoms. The summed E-state index contributed by atoms with van der Waals surface area (Å²) in [6.07, 6.45) is 3.31. The molecule has 1 spiro atoms. The van der Waals surface area contributed by atoms with E-state index in [0.717, 1.165) is 58.9 Å². The van der Waals surface area contributed by atoms with E-state index in [0.29, 0.717) is 30.0 Å². The number of benzene rings is 2. The molecule has 11 heteroatoms. The lowest BCUT2D eigenvalue weighted by molar-refractivity contribution is -0.128. The number of sulfonamides is 1. The van der Waals surface area contributed by atoms with Crippen LogP contribution >= 0.6 is 0 Å². The second-order valence-corrected chi connectivity index (χ2v) is 14.7. The van der Waals surface area contributed by atoms with Crippen LogP contribution in [0.2, 0.25) is 0 Å². The first-order valence-electron chi connectivity index (χ1n) is 14.7. The molecule has 2 saturated carbocycles. The van der Waals surface area contributed by atoms with Gasteiger partial charge in [0.1, 0.15) is 17.5 Å². The maximum Gasteiger partial charge on any atom is 0.412 e. The number of amides is 2. The molecule has 3 aliphatic rings. The quantitative estimate of drug-likeness (QED) is 0.347.